The second kappa shape index (κ2) is 6.48. The molecule has 4 nitrogen and oxygen atoms in total. The number of benzene rings is 1. The zero-order chi connectivity index (χ0) is 15.5. The smallest absolute Gasteiger partial charge is 0.313 e. The second-order valence-corrected chi connectivity index (χ2v) is 6.25. The van der Waals surface area contributed by atoms with Gasteiger partial charge in [-0.2, -0.15) is 0 Å². The van der Waals surface area contributed by atoms with Crippen molar-refractivity contribution in [1.29, 1.82) is 0 Å². The van der Waals surface area contributed by atoms with E-state index in [4.69, 9.17) is 14.2 Å². The fraction of sp³-hybridized carbons (Fsp3) is 0.533. The van der Waals surface area contributed by atoms with E-state index in [2.05, 4.69) is 15.9 Å². The first kappa shape index (κ1) is 16.8. The van der Waals surface area contributed by atoms with Crippen molar-refractivity contribution < 1.29 is 19.0 Å². The van der Waals surface area contributed by atoms with Crippen molar-refractivity contribution in [2.45, 2.75) is 39.2 Å². The third kappa shape index (κ3) is 3.88. The average molecular weight is 345 g/mol. The maximum atomic E-state index is 12.2. The Kier molecular flexibility index (Phi) is 5.45. The lowest BCUT2D eigenvalue weighted by atomic mass is 9.99. The Hall–Kier alpha value is -1.23. The lowest BCUT2D eigenvalue weighted by Crippen LogP contribution is -2.27. The third-order valence-corrected chi connectivity index (χ3v) is 3.49. The molecule has 1 rings (SSSR count). The largest absolute Gasteiger partial charge is 0.495 e. The van der Waals surface area contributed by atoms with Crippen molar-refractivity contribution in [3.63, 3.8) is 0 Å². The molecule has 0 aliphatic rings. The van der Waals surface area contributed by atoms with Crippen LogP contribution in [0.25, 0.3) is 0 Å². The highest BCUT2D eigenvalue weighted by molar-refractivity contribution is 9.10. The van der Waals surface area contributed by atoms with Gasteiger partial charge in [0.05, 0.1) is 20.1 Å². The van der Waals surface area contributed by atoms with Gasteiger partial charge in [0.1, 0.15) is 21.6 Å². The minimum Gasteiger partial charge on any atom is -0.495 e. The average Bonchev–Trinajstić information content (AvgIpc) is 2.35. The highest BCUT2D eigenvalue weighted by atomic mass is 79.9. The molecule has 1 unspecified atom stereocenters. The summed E-state index contributed by atoms with van der Waals surface area (Å²) in [7, 11) is 3.14. The molecule has 0 saturated carbocycles. The number of rotatable bonds is 4. The van der Waals surface area contributed by atoms with Gasteiger partial charge in [0.15, 0.2) is 0 Å². The summed E-state index contributed by atoms with van der Waals surface area (Å²) < 4.78 is 16.7. The Bertz CT molecular complexity index is 491. The van der Waals surface area contributed by atoms with Crippen molar-refractivity contribution in [2.75, 3.05) is 14.2 Å². The van der Waals surface area contributed by atoms with E-state index in [1.807, 2.05) is 26.8 Å². The van der Waals surface area contributed by atoms with E-state index in [9.17, 15) is 4.79 Å². The third-order valence-electron chi connectivity index (χ3n) is 2.74. The van der Waals surface area contributed by atoms with Gasteiger partial charge in [-0.15, -0.1) is 0 Å². The van der Waals surface area contributed by atoms with E-state index in [0.717, 1.165) is 5.56 Å². The molecule has 0 saturated heterocycles. The predicted molar refractivity (Wildman–Crippen MR) is 81.5 cm³/mol. The maximum absolute atomic E-state index is 12.2. The van der Waals surface area contributed by atoms with E-state index >= 15 is 0 Å². The van der Waals surface area contributed by atoms with Gasteiger partial charge in [0.2, 0.25) is 0 Å². The van der Waals surface area contributed by atoms with Crippen LogP contribution in [0.2, 0.25) is 0 Å². The Morgan fingerprint density at radius 3 is 2.25 bits per heavy atom. The van der Waals surface area contributed by atoms with E-state index in [-0.39, 0.29) is 5.97 Å². The maximum Gasteiger partial charge on any atom is 0.313 e. The molecule has 0 fully saturated rings. The topological polar surface area (TPSA) is 44.8 Å². The molecule has 5 heteroatoms. The van der Waals surface area contributed by atoms with Crippen LogP contribution in [0.3, 0.4) is 0 Å². The van der Waals surface area contributed by atoms with Gasteiger partial charge >= 0.3 is 5.97 Å². The van der Waals surface area contributed by atoms with Crippen molar-refractivity contribution in [3.05, 3.63) is 22.2 Å². The fourth-order valence-corrected chi connectivity index (χ4v) is 2.46. The summed E-state index contributed by atoms with van der Waals surface area (Å²) in [5.74, 6) is 0.531. The molecule has 0 N–H and O–H groups in total. The van der Waals surface area contributed by atoms with E-state index < -0.39 is 11.5 Å². The number of carbonyl (C=O) groups excluding carboxylic acids is 1. The summed E-state index contributed by atoms with van der Waals surface area (Å²) in [4.78, 5) is 12.2. The molecule has 112 valence electrons. The molecule has 0 aliphatic carbocycles. The number of ether oxygens (including phenoxy) is 3. The Labute approximate surface area is 128 Å². The van der Waals surface area contributed by atoms with E-state index in [0.29, 0.717) is 16.0 Å². The van der Waals surface area contributed by atoms with Gasteiger partial charge in [-0.3, -0.25) is 4.79 Å². The van der Waals surface area contributed by atoms with Gasteiger partial charge in [-0.1, -0.05) is 6.07 Å². The lowest BCUT2D eigenvalue weighted by molar-refractivity contribution is -0.156. The molecule has 0 heterocycles. The summed E-state index contributed by atoms with van der Waals surface area (Å²) >= 11 is 3.43. The number of esters is 1. The normalized spacial score (nSPS) is 12.8. The van der Waals surface area contributed by atoms with Crippen molar-refractivity contribution in [3.8, 4) is 11.5 Å². The minimum absolute atomic E-state index is 0.284. The number of halogens is 1. The zero-order valence-corrected chi connectivity index (χ0v) is 14.3. The van der Waals surface area contributed by atoms with Gasteiger partial charge in [0, 0.05) is 5.56 Å². The van der Waals surface area contributed by atoms with Crippen molar-refractivity contribution >= 4 is 21.9 Å². The summed E-state index contributed by atoms with van der Waals surface area (Å²) in [6.45, 7) is 7.33. The summed E-state index contributed by atoms with van der Waals surface area (Å²) in [5, 5.41) is 0. The van der Waals surface area contributed by atoms with Gasteiger partial charge < -0.3 is 14.2 Å². The number of hydrogen-bond acceptors (Lipinski definition) is 4. The van der Waals surface area contributed by atoms with Crippen LogP contribution >= 0.6 is 15.9 Å². The van der Waals surface area contributed by atoms with Crippen LogP contribution in [-0.4, -0.2) is 25.8 Å². The molecule has 0 aromatic heterocycles. The first-order valence-electron chi connectivity index (χ1n) is 6.34. The molecule has 0 aliphatic heterocycles. The number of hydrogen-bond donors (Lipinski definition) is 0. The van der Waals surface area contributed by atoms with Gasteiger partial charge in [-0.05, 0) is 49.7 Å². The molecule has 0 bridgehead atoms. The highest BCUT2D eigenvalue weighted by Crippen LogP contribution is 2.40. The lowest BCUT2D eigenvalue weighted by Gasteiger charge is -2.23. The highest BCUT2D eigenvalue weighted by Gasteiger charge is 2.26. The summed E-state index contributed by atoms with van der Waals surface area (Å²) in [5.41, 5.74) is 0.247. The first-order valence-corrected chi connectivity index (χ1v) is 7.13. The zero-order valence-electron chi connectivity index (χ0n) is 12.7. The monoisotopic (exact) mass is 344 g/mol. The molecule has 1 aromatic carbocycles. The quantitative estimate of drug-likeness (QED) is 0.776. The van der Waals surface area contributed by atoms with E-state index in [1.54, 1.807) is 27.2 Å². The van der Waals surface area contributed by atoms with Gasteiger partial charge in [0.25, 0.3) is 0 Å². The number of methoxy groups -OCH3 is 2. The fourth-order valence-electron chi connectivity index (χ4n) is 1.78. The minimum atomic E-state index is -0.512. The molecular weight excluding hydrogens is 324 g/mol. The van der Waals surface area contributed by atoms with Crippen LogP contribution in [0.15, 0.2) is 16.6 Å². The van der Waals surface area contributed by atoms with Crippen LogP contribution in [0.1, 0.15) is 39.2 Å². The Morgan fingerprint density at radius 1 is 1.20 bits per heavy atom. The molecule has 0 amide bonds. The molecule has 1 atom stereocenters. The Balaban J connectivity index is 3.13. The first-order chi connectivity index (χ1) is 9.21. The Morgan fingerprint density at radius 2 is 1.80 bits per heavy atom. The van der Waals surface area contributed by atoms with E-state index in [1.165, 1.54) is 0 Å². The molecule has 0 spiro atoms. The van der Waals surface area contributed by atoms with Gasteiger partial charge in [-0.25, -0.2) is 0 Å². The molecule has 20 heavy (non-hydrogen) atoms. The SMILES string of the molecule is COc1ccc(C(C)C(=O)OC(C)(C)C)c(OC)c1Br. The van der Waals surface area contributed by atoms with Crippen molar-refractivity contribution in [2.24, 2.45) is 0 Å². The van der Waals surface area contributed by atoms with Crippen LogP contribution in [0, 0.1) is 0 Å². The van der Waals surface area contributed by atoms with Crippen LogP contribution in [0.4, 0.5) is 0 Å². The van der Waals surface area contributed by atoms with Crippen molar-refractivity contribution in [1.82, 2.24) is 0 Å². The van der Waals surface area contributed by atoms with Crippen LogP contribution in [0.5, 0.6) is 11.5 Å². The second-order valence-electron chi connectivity index (χ2n) is 5.46. The predicted octanol–water partition coefficient (Wildman–Crippen LogP) is 3.91. The van der Waals surface area contributed by atoms with Crippen LogP contribution < -0.4 is 9.47 Å². The standard InChI is InChI=1S/C15H21BrO4/c1-9(14(17)20-15(2,3)4)10-7-8-11(18-5)12(16)13(10)19-6/h7-9H,1-6H3. The van der Waals surface area contributed by atoms with Crippen LogP contribution in [-0.2, 0) is 9.53 Å². The molecule has 0 radical (unpaired) electrons. The number of carbonyl (C=O) groups is 1. The molecular formula is C15H21BrO4. The summed E-state index contributed by atoms with van der Waals surface area (Å²) in [6, 6.07) is 3.61. The summed E-state index contributed by atoms with van der Waals surface area (Å²) in [6.07, 6.45) is 0. The molecule has 1 aromatic rings.